The normalized spacial score (nSPS) is 10.9. The number of fused-ring (bicyclic) bond motifs is 1. The Kier molecular flexibility index (Phi) is 6.19. The molecule has 5 nitrogen and oxygen atoms in total. The van der Waals surface area contributed by atoms with Gasteiger partial charge in [-0.15, -0.1) is 0 Å². The fourth-order valence-corrected chi connectivity index (χ4v) is 3.86. The first-order chi connectivity index (χ1) is 12.5. The molecule has 0 aliphatic carbocycles. The molecule has 3 aromatic rings. The molecule has 26 heavy (non-hydrogen) atoms. The van der Waals surface area contributed by atoms with Crippen molar-refractivity contribution in [2.75, 3.05) is 17.7 Å². The van der Waals surface area contributed by atoms with Crippen LogP contribution in [-0.4, -0.2) is 28.2 Å². The summed E-state index contributed by atoms with van der Waals surface area (Å²) in [5, 5.41) is 4.30. The number of anilines is 1. The molecule has 9 heteroatoms. The number of carbonyl (C=O) groups is 1. The summed E-state index contributed by atoms with van der Waals surface area (Å²) >= 11 is 19.3. The van der Waals surface area contributed by atoms with E-state index in [0.717, 1.165) is 16.8 Å². The van der Waals surface area contributed by atoms with Crippen LogP contribution in [0.5, 0.6) is 5.75 Å². The van der Waals surface area contributed by atoms with Crippen molar-refractivity contribution in [3.63, 3.8) is 0 Å². The highest BCUT2D eigenvalue weighted by Gasteiger charge is 2.13. The Bertz CT molecular complexity index is 939. The molecule has 0 unspecified atom stereocenters. The van der Waals surface area contributed by atoms with E-state index >= 15 is 0 Å². The van der Waals surface area contributed by atoms with Crippen molar-refractivity contribution >= 4 is 69.2 Å². The van der Waals surface area contributed by atoms with E-state index in [9.17, 15) is 4.79 Å². The molecule has 0 spiro atoms. The molecular weight excluding hydrogens is 417 g/mol. The number of aromatic amines is 1. The van der Waals surface area contributed by atoms with Gasteiger partial charge in [-0.3, -0.25) is 4.79 Å². The molecule has 3 rings (SSSR count). The van der Waals surface area contributed by atoms with E-state index in [0.29, 0.717) is 22.5 Å². The quantitative estimate of drug-likeness (QED) is 0.496. The van der Waals surface area contributed by atoms with Gasteiger partial charge in [0.25, 0.3) is 0 Å². The number of hydrogen-bond acceptors (Lipinski definition) is 4. The van der Waals surface area contributed by atoms with Gasteiger partial charge in [0.05, 0.1) is 39.1 Å². The molecule has 0 bridgehead atoms. The molecule has 136 valence electrons. The van der Waals surface area contributed by atoms with Gasteiger partial charge in [-0.2, -0.15) is 0 Å². The number of nitrogens with one attached hydrogen (secondary N) is 2. The number of hydrogen-bond donors (Lipinski definition) is 2. The Morgan fingerprint density at radius 2 is 1.96 bits per heavy atom. The van der Waals surface area contributed by atoms with Crippen LogP contribution in [0.25, 0.3) is 11.0 Å². The molecule has 0 fully saturated rings. The number of nitrogens with zero attached hydrogens (tertiary/aromatic N) is 1. The first-order valence-corrected chi connectivity index (χ1v) is 9.78. The highest BCUT2D eigenvalue weighted by molar-refractivity contribution is 7.99. The lowest BCUT2D eigenvalue weighted by atomic mass is 10.3. The number of halogens is 3. The van der Waals surface area contributed by atoms with Crippen LogP contribution in [0.3, 0.4) is 0 Å². The minimum absolute atomic E-state index is 0.146. The Morgan fingerprint density at radius 1 is 1.23 bits per heavy atom. The number of rotatable bonds is 6. The molecule has 1 aromatic heterocycles. The van der Waals surface area contributed by atoms with Crippen LogP contribution in [0.1, 0.15) is 6.92 Å². The minimum Gasteiger partial charge on any atom is -0.494 e. The van der Waals surface area contributed by atoms with Crippen molar-refractivity contribution in [3.8, 4) is 5.75 Å². The van der Waals surface area contributed by atoms with E-state index in [1.165, 1.54) is 23.9 Å². The second-order valence-corrected chi connectivity index (χ2v) is 7.45. The standard InChI is InChI=1S/C17H14Cl3N3O2S/c1-2-25-10-3-4-13-14(7-10)22-17(21-13)26-8-15(24)23-16-11(19)5-9(18)6-12(16)20/h3-7H,2,8H2,1H3,(H,21,22)(H,23,24). The average Bonchev–Trinajstić information content (AvgIpc) is 2.99. The van der Waals surface area contributed by atoms with Crippen LogP contribution in [0, 0.1) is 0 Å². The van der Waals surface area contributed by atoms with Gasteiger partial charge in [0.15, 0.2) is 5.16 Å². The van der Waals surface area contributed by atoms with Gasteiger partial charge < -0.3 is 15.0 Å². The Labute approximate surface area is 169 Å². The van der Waals surface area contributed by atoms with Crippen LogP contribution in [0.4, 0.5) is 5.69 Å². The van der Waals surface area contributed by atoms with Gasteiger partial charge in [-0.1, -0.05) is 46.6 Å². The van der Waals surface area contributed by atoms with E-state index in [-0.39, 0.29) is 21.7 Å². The summed E-state index contributed by atoms with van der Waals surface area (Å²) in [6, 6.07) is 8.65. The second kappa shape index (κ2) is 8.39. The van der Waals surface area contributed by atoms with Gasteiger partial charge in [-0.25, -0.2) is 4.98 Å². The monoisotopic (exact) mass is 429 g/mol. The zero-order valence-electron chi connectivity index (χ0n) is 13.6. The van der Waals surface area contributed by atoms with Gasteiger partial charge in [-0.05, 0) is 31.2 Å². The molecule has 1 amide bonds. The van der Waals surface area contributed by atoms with Gasteiger partial charge >= 0.3 is 0 Å². The highest BCUT2D eigenvalue weighted by Crippen LogP contribution is 2.34. The van der Waals surface area contributed by atoms with Crippen LogP contribution < -0.4 is 10.1 Å². The van der Waals surface area contributed by atoms with Crippen molar-refractivity contribution in [2.24, 2.45) is 0 Å². The number of benzene rings is 2. The minimum atomic E-state index is -0.253. The van der Waals surface area contributed by atoms with Crippen molar-refractivity contribution in [1.82, 2.24) is 9.97 Å². The number of amides is 1. The van der Waals surface area contributed by atoms with Crippen LogP contribution in [0.2, 0.25) is 15.1 Å². The Balaban J connectivity index is 1.65. The predicted molar refractivity (Wildman–Crippen MR) is 108 cm³/mol. The molecule has 2 N–H and O–H groups in total. The van der Waals surface area contributed by atoms with E-state index in [1.807, 2.05) is 25.1 Å². The van der Waals surface area contributed by atoms with Crippen molar-refractivity contribution < 1.29 is 9.53 Å². The molecule has 0 saturated carbocycles. The molecular formula is C17H14Cl3N3O2S. The van der Waals surface area contributed by atoms with Crippen molar-refractivity contribution in [1.29, 1.82) is 0 Å². The average molecular weight is 431 g/mol. The second-order valence-electron chi connectivity index (χ2n) is 5.24. The summed E-state index contributed by atoms with van der Waals surface area (Å²) in [5.41, 5.74) is 2.00. The maximum absolute atomic E-state index is 12.2. The predicted octanol–water partition coefficient (Wildman–Crippen LogP) is 5.65. The maximum atomic E-state index is 12.2. The summed E-state index contributed by atoms with van der Waals surface area (Å²) in [6.07, 6.45) is 0. The molecule has 1 heterocycles. The van der Waals surface area contributed by atoms with Crippen LogP contribution >= 0.6 is 46.6 Å². The molecule has 0 aliphatic rings. The topological polar surface area (TPSA) is 67.0 Å². The number of ether oxygens (including phenoxy) is 1. The third-order valence-corrected chi connectivity index (χ3v) is 5.04. The molecule has 0 aliphatic heterocycles. The van der Waals surface area contributed by atoms with Crippen LogP contribution in [-0.2, 0) is 4.79 Å². The third-order valence-electron chi connectivity index (χ3n) is 3.35. The molecule has 0 atom stereocenters. The Morgan fingerprint density at radius 3 is 2.65 bits per heavy atom. The molecule has 2 aromatic carbocycles. The molecule has 0 radical (unpaired) electrons. The van der Waals surface area contributed by atoms with Gasteiger partial charge in [0.2, 0.25) is 5.91 Å². The summed E-state index contributed by atoms with van der Waals surface area (Å²) in [6.45, 7) is 2.52. The highest BCUT2D eigenvalue weighted by atomic mass is 35.5. The first-order valence-electron chi connectivity index (χ1n) is 7.66. The fraction of sp³-hybridized carbons (Fsp3) is 0.176. The van der Waals surface area contributed by atoms with Crippen LogP contribution in [0.15, 0.2) is 35.5 Å². The zero-order chi connectivity index (χ0) is 18.7. The number of aromatic nitrogens is 2. The zero-order valence-corrected chi connectivity index (χ0v) is 16.7. The number of thioether (sulfide) groups is 1. The van der Waals surface area contributed by atoms with Crippen molar-refractivity contribution in [3.05, 3.63) is 45.4 Å². The van der Waals surface area contributed by atoms with E-state index in [1.54, 1.807) is 0 Å². The lowest BCUT2D eigenvalue weighted by Crippen LogP contribution is -2.14. The summed E-state index contributed by atoms with van der Waals surface area (Å²) in [5.74, 6) is 0.662. The molecule has 0 saturated heterocycles. The van der Waals surface area contributed by atoms with Gasteiger partial charge in [0, 0.05) is 11.1 Å². The summed E-state index contributed by atoms with van der Waals surface area (Å²) in [7, 11) is 0. The lowest BCUT2D eigenvalue weighted by Gasteiger charge is -2.09. The van der Waals surface area contributed by atoms with Gasteiger partial charge in [0.1, 0.15) is 5.75 Å². The Hall–Kier alpha value is -1.60. The smallest absolute Gasteiger partial charge is 0.234 e. The third kappa shape index (κ3) is 4.57. The number of H-pyrrole nitrogens is 1. The van der Waals surface area contributed by atoms with E-state index < -0.39 is 0 Å². The largest absolute Gasteiger partial charge is 0.494 e. The van der Waals surface area contributed by atoms with E-state index in [2.05, 4.69) is 15.3 Å². The summed E-state index contributed by atoms with van der Waals surface area (Å²) in [4.78, 5) is 19.8. The fourth-order valence-electron chi connectivity index (χ4n) is 2.26. The number of imidazole rings is 1. The lowest BCUT2D eigenvalue weighted by molar-refractivity contribution is -0.113. The van der Waals surface area contributed by atoms with Crippen molar-refractivity contribution in [2.45, 2.75) is 12.1 Å². The summed E-state index contributed by atoms with van der Waals surface area (Å²) < 4.78 is 5.47. The first kappa shape index (κ1) is 19.2. The number of carbonyl (C=O) groups excluding carboxylic acids is 1. The SMILES string of the molecule is CCOc1ccc2nc(SCC(=O)Nc3c(Cl)cc(Cl)cc3Cl)[nH]c2c1. The maximum Gasteiger partial charge on any atom is 0.234 e. The van der Waals surface area contributed by atoms with E-state index in [4.69, 9.17) is 39.5 Å².